The van der Waals surface area contributed by atoms with E-state index in [0.29, 0.717) is 5.69 Å². The monoisotopic (exact) mass is 307 g/mol. The van der Waals surface area contributed by atoms with Crippen LogP contribution in [-0.4, -0.2) is 16.1 Å². The number of hydrogen-bond donors (Lipinski definition) is 2. The molecule has 4 nitrogen and oxygen atoms in total. The fourth-order valence-electron chi connectivity index (χ4n) is 1.67. The summed E-state index contributed by atoms with van der Waals surface area (Å²) >= 11 is 3.39. The predicted molar refractivity (Wildman–Crippen MR) is 73.2 cm³/mol. The van der Waals surface area contributed by atoms with Gasteiger partial charge in [0, 0.05) is 10.7 Å². The lowest BCUT2D eigenvalue weighted by Crippen LogP contribution is -2.41. The summed E-state index contributed by atoms with van der Waals surface area (Å²) in [6, 6.07) is 9.53. The Morgan fingerprint density at radius 2 is 1.94 bits per heavy atom. The van der Waals surface area contributed by atoms with Gasteiger partial charge in [0.05, 0.1) is 5.54 Å². The van der Waals surface area contributed by atoms with Crippen molar-refractivity contribution < 1.29 is 4.79 Å². The Morgan fingerprint density at radius 1 is 1.28 bits per heavy atom. The highest BCUT2D eigenvalue weighted by Crippen LogP contribution is 2.22. The highest BCUT2D eigenvalue weighted by atomic mass is 79.9. The van der Waals surface area contributed by atoms with Crippen LogP contribution in [0.4, 0.5) is 0 Å². The molecule has 1 aromatic carbocycles. The van der Waals surface area contributed by atoms with Gasteiger partial charge >= 0.3 is 0 Å². The molecule has 2 N–H and O–H groups in total. The third-order valence-electron chi connectivity index (χ3n) is 2.74. The van der Waals surface area contributed by atoms with Gasteiger partial charge in [0.2, 0.25) is 0 Å². The normalized spacial score (nSPS) is 11.3. The molecular formula is C13H14BrN3O. The summed E-state index contributed by atoms with van der Waals surface area (Å²) in [5, 5.41) is 9.39. The topological polar surface area (TPSA) is 57.8 Å². The van der Waals surface area contributed by atoms with E-state index in [2.05, 4.69) is 31.4 Å². The number of H-pyrrole nitrogens is 1. The first-order chi connectivity index (χ1) is 8.49. The summed E-state index contributed by atoms with van der Waals surface area (Å²) in [5.74, 6) is -0.166. The zero-order valence-electron chi connectivity index (χ0n) is 10.2. The Labute approximate surface area is 114 Å². The molecule has 2 rings (SSSR count). The van der Waals surface area contributed by atoms with E-state index in [1.165, 1.54) is 0 Å². The molecule has 0 saturated carbocycles. The molecule has 0 saturated heterocycles. The standard InChI is InChI=1S/C13H14BrN3O/c1-13(2,9-3-5-10(14)6-4-9)16-12(18)11-7-8-15-17-11/h3-8H,1-2H3,(H,15,17)(H,16,18). The van der Waals surface area contributed by atoms with Crippen molar-refractivity contribution in [3.8, 4) is 0 Å². The second kappa shape index (κ2) is 4.94. The average molecular weight is 308 g/mol. The van der Waals surface area contributed by atoms with Gasteiger partial charge in [0.25, 0.3) is 5.91 Å². The molecule has 0 aliphatic carbocycles. The van der Waals surface area contributed by atoms with Crippen LogP contribution in [0.1, 0.15) is 29.9 Å². The van der Waals surface area contributed by atoms with Gasteiger partial charge in [-0.1, -0.05) is 28.1 Å². The Kier molecular flexibility index (Phi) is 3.52. The molecule has 0 aliphatic heterocycles. The average Bonchev–Trinajstić information content (AvgIpc) is 2.82. The Balaban J connectivity index is 2.16. The summed E-state index contributed by atoms with van der Waals surface area (Å²) in [6.45, 7) is 3.93. The van der Waals surface area contributed by atoms with Crippen LogP contribution in [0.25, 0.3) is 0 Å². The number of carbonyl (C=O) groups is 1. The van der Waals surface area contributed by atoms with Crippen molar-refractivity contribution in [2.75, 3.05) is 0 Å². The van der Waals surface area contributed by atoms with E-state index >= 15 is 0 Å². The summed E-state index contributed by atoms with van der Waals surface area (Å²) in [5.41, 5.74) is 1.06. The molecule has 0 aliphatic rings. The van der Waals surface area contributed by atoms with Gasteiger partial charge in [-0.05, 0) is 37.6 Å². The van der Waals surface area contributed by atoms with Crippen LogP contribution in [0, 0.1) is 0 Å². The highest BCUT2D eigenvalue weighted by Gasteiger charge is 2.23. The largest absolute Gasteiger partial charge is 0.342 e. The van der Waals surface area contributed by atoms with Crippen LogP contribution >= 0.6 is 15.9 Å². The number of rotatable bonds is 3. The van der Waals surface area contributed by atoms with Gasteiger partial charge < -0.3 is 5.32 Å². The fourth-order valence-corrected chi connectivity index (χ4v) is 1.94. The third kappa shape index (κ3) is 2.79. The second-order valence-corrected chi connectivity index (χ2v) is 5.47. The van der Waals surface area contributed by atoms with Gasteiger partial charge in [0.1, 0.15) is 5.69 Å². The third-order valence-corrected chi connectivity index (χ3v) is 3.27. The Morgan fingerprint density at radius 3 is 2.50 bits per heavy atom. The maximum atomic E-state index is 12.0. The highest BCUT2D eigenvalue weighted by molar-refractivity contribution is 9.10. The van der Waals surface area contributed by atoms with E-state index in [0.717, 1.165) is 10.0 Å². The fraction of sp³-hybridized carbons (Fsp3) is 0.231. The number of aromatic amines is 1. The minimum absolute atomic E-state index is 0.166. The number of halogens is 1. The molecule has 0 radical (unpaired) electrons. The van der Waals surface area contributed by atoms with Gasteiger partial charge in [-0.15, -0.1) is 0 Å². The smallest absolute Gasteiger partial charge is 0.269 e. The van der Waals surface area contributed by atoms with Crippen molar-refractivity contribution in [2.45, 2.75) is 19.4 Å². The van der Waals surface area contributed by atoms with Crippen molar-refractivity contribution in [1.29, 1.82) is 0 Å². The molecule has 0 unspecified atom stereocenters. The first kappa shape index (κ1) is 12.8. The molecule has 2 aromatic rings. The quantitative estimate of drug-likeness (QED) is 0.916. The van der Waals surface area contributed by atoms with E-state index in [1.807, 2.05) is 38.1 Å². The number of benzene rings is 1. The summed E-state index contributed by atoms with van der Waals surface area (Å²) in [7, 11) is 0. The molecule has 0 spiro atoms. The van der Waals surface area contributed by atoms with E-state index in [1.54, 1.807) is 12.3 Å². The minimum atomic E-state index is -0.442. The molecule has 18 heavy (non-hydrogen) atoms. The number of nitrogens with one attached hydrogen (secondary N) is 2. The van der Waals surface area contributed by atoms with E-state index < -0.39 is 5.54 Å². The van der Waals surface area contributed by atoms with Crippen molar-refractivity contribution in [3.63, 3.8) is 0 Å². The molecule has 0 bridgehead atoms. The van der Waals surface area contributed by atoms with E-state index in [9.17, 15) is 4.79 Å². The number of carbonyl (C=O) groups excluding carboxylic acids is 1. The summed E-state index contributed by atoms with van der Waals surface area (Å²) in [6.07, 6.45) is 1.56. The van der Waals surface area contributed by atoms with Crippen LogP contribution in [0.5, 0.6) is 0 Å². The lowest BCUT2D eigenvalue weighted by Gasteiger charge is -2.26. The molecule has 1 aromatic heterocycles. The molecule has 1 amide bonds. The number of nitrogens with zero attached hydrogens (tertiary/aromatic N) is 1. The maximum absolute atomic E-state index is 12.0. The van der Waals surface area contributed by atoms with Gasteiger partial charge in [-0.3, -0.25) is 9.89 Å². The first-order valence-electron chi connectivity index (χ1n) is 5.57. The second-order valence-electron chi connectivity index (χ2n) is 4.56. The van der Waals surface area contributed by atoms with E-state index in [4.69, 9.17) is 0 Å². The van der Waals surface area contributed by atoms with Crippen molar-refractivity contribution >= 4 is 21.8 Å². The van der Waals surface area contributed by atoms with Crippen LogP contribution in [-0.2, 0) is 5.54 Å². The van der Waals surface area contributed by atoms with Gasteiger partial charge in [-0.2, -0.15) is 5.10 Å². The lowest BCUT2D eigenvalue weighted by atomic mass is 9.94. The lowest BCUT2D eigenvalue weighted by molar-refractivity contribution is 0.0907. The molecule has 94 valence electrons. The van der Waals surface area contributed by atoms with Gasteiger partial charge in [-0.25, -0.2) is 0 Å². The molecular weight excluding hydrogens is 294 g/mol. The number of aromatic nitrogens is 2. The van der Waals surface area contributed by atoms with Crippen LogP contribution in [0.2, 0.25) is 0 Å². The zero-order valence-corrected chi connectivity index (χ0v) is 11.8. The Bertz CT molecular complexity index is 532. The molecule has 0 fully saturated rings. The van der Waals surface area contributed by atoms with E-state index in [-0.39, 0.29) is 5.91 Å². The number of amides is 1. The van der Waals surface area contributed by atoms with Crippen molar-refractivity contribution in [1.82, 2.24) is 15.5 Å². The first-order valence-corrected chi connectivity index (χ1v) is 6.36. The maximum Gasteiger partial charge on any atom is 0.269 e. The minimum Gasteiger partial charge on any atom is -0.342 e. The SMILES string of the molecule is CC(C)(NC(=O)c1ccn[nH]1)c1ccc(Br)cc1. The summed E-state index contributed by atoms with van der Waals surface area (Å²) in [4.78, 5) is 12.0. The van der Waals surface area contributed by atoms with Crippen molar-refractivity contribution in [2.24, 2.45) is 0 Å². The van der Waals surface area contributed by atoms with Crippen LogP contribution < -0.4 is 5.32 Å². The molecule has 1 heterocycles. The molecule has 0 atom stereocenters. The Hall–Kier alpha value is -1.62. The summed E-state index contributed by atoms with van der Waals surface area (Å²) < 4.78 is 1.02. The zero-order chi connectivity index (χ0) is 13.2. The van der Waals surface area contributed by atoms with Crippen LogP contribution in [0.15, 0.2) is 41.0 Å². The number of hydrogen-bond acceptors (Lipinski definition) is 2. The predicted octanol–water partition coefficient (Wildman–Crippen LogP) is 2.84. The van der Waals surface area contributed by atoms with Gasteiger partial charge in [0.15, 0.2) is 0 Å². The van der Waals surface area contributed by atoms with Crippen molar-refractivity contribution in [3.05, 3.63) is 52.3 Å². The molecule has 5 heteroatoms. The van der Waals surface area contributed by atoms with Crippen LogP contribution in [0.3, 0.4) is 0 Å².